The molecule has 0 bridgehead atoms. The number of aldehydes is 1. The molecule has 344 valence electrons. The summed E-state index contributed by atoms with van der Waals surface area (Å²) >= 11 is 7.77. The molecular weight excluding hydrogens is 884 g/mol. The van der Waals surface area contributed by atoms with Gasteiger partial charge < -0.3 is 30.8 Å². The summed E-state index contributed by atoms with van der Waals surface area (Å²) in [4.78, 5) is 40.0. The summed E-state index contributed by atoms with van der Waals surface area (Å²) in [5.41, 5.74) is 7.22. The molecule has 5 aromatic rings. The van der Waals surface area contributed by atoms with Gasteiger partial charge in [-0.2, -0.15) is 0 Å². The van der Waals surface area contributed by atoms with Gasteiger partial charge in [-0.3, -0.25) is 14.8 Å². The number of carbonyl (C=O) groups is 3. The minimum absolute atomic E-state index is 0.0954. The highest BCUT2D eigenvalue weighted by molar-refractivity contribution is 7.99. The average molecular weight is 942 g/mol. The number of rotatable bonds is 24. The summed E-state index contributed by atoms with van der Waals surface area (Å²) < 4.78 is 29.8. The number of hydrogen-bond donors (Lipinski definition) is 7. The van der Waals surface area contributed by atoms with Crippen molar-refractivity contribution in [2.24, 2.45) is 5.92 Å². The number of hydrogen-bond acceptors (Lipinski definition) is 12. The van der Waals surface area contributed by atoms with Gasteiger partial charge in [-0.15, -0.1) is 11.8 Å². The number of aliphatic hydroxyl groups excluding tert-OH is 1. The van der Waals surface area contributed by atoms with Gasteiger partial charge in [0.25, 0.3) is 15.9 Å². The molecule has 13 nitrogen and oxygen atoms in total. The number of anilines is 2. The maximum atomic E-state index is 13.8. The lowest BCUT2D eigenvalue weighted by Crippen LogP contribution is -2.41. The first-order chi connectivity index (χ1) is 31.6. The van der Waals surface area contributed by atoms with E-state index in [9.17, 15) is 27.9 Å². The van der Waals surface area contributed by atoms with Crippen molar-refractivity contribution in [3.05, 3.63) is 143 Å². The molecule has 0 radical (unpaired) electrons. The third-order valence-corrected chi connectivity index (χ3v) is 14.3. The minimum atomic E-state index is -4.36. The van der Waals surface area contributed by atoms with E-state index < -0.39 is 21.8 Å². The fourth-order valence-corrected chi connectivity index (χ4v) is 9.98. The van der Waals surface area contributed by atoms with Crippen molar-refractivity contribution in [3.8, 4) is 11.1 Å². The Morgan fingerprint density at radius 3 is 2.31 bits per heavy atom. The lowest BCUT2D eigenvalue weighted by molar-refractivity contribution is -0.134. The van der Waals surface area contributed by atoms with Gasteiger partial charge in [0.05, 0.1) is 11.5 Å². The lowest BCUT2D eigenvalue weighted by atomic mass is 9.93. The van der Waals surface area contributed by atoms with Gasteiger partial charge >= 0.3 is 0 Å². The minimum Gasteiger partial charge on any atom is -0.396 e. The number of benzene rings is 5. The highest BCUT2D eigenvalue weighted by Gasteiger charge is 2.27. The Hall–Kier alpha value is -5.26. The number of sulfonamides is 1. The summed E-state index contributed by atoms with van der Waals surface area (Å²) in [6, 6.07) is 37.0. The molecule has 0 saturated carbocycles. The number of nitrogens with zero attached hydrogens (tertiary/aromatic N) is 1. The molecule has 0 aliphatic carbocycles. The Morgan fingerprint density at radius 1 is 0.877 bits per heavy atom. The fraction of sp³-hybridized carbons (Fsp3) is 0.327. The maximum absolute atomic E-state index is 13.8. The lowest BCUT2D eigenvalue weighted by Gasteiger charge is -2.32. The highest BCUT2D eigenvalue weighted by Crippen LogP contribution is 2.33. The molecule has 0 spiro atoms. The Kier molecular flexibility index (Phi) is 18.8. The van der Waals surface area contributed by atoms with Gasteiger partial charge in [0.1, 0.15) is 6.29 Å². The van der Waals surface area contributed by atoms with E-state index in [1.165, 1.54) is 12.1 Å². The van der Waals surface area contributed by atoms with E-state index in [4.69, 9.17) is 16.8 Å². The number of piperidine rings is 1. The van der Waals surface area contributed by atoms with Crippen LogP contribution >= 0.6 is 23.4 Å². The van der Waals surface area contributed by atoms with E-state index >= 15 is 0 Å². The topological polar surface area (TPSA) is 189 Å². The van der Waals surface area contributed by atoms with Crippen LogP contribution in [0.3, 0.4) is 0 Å². The normalized spacial score (nSPS) is 14.3. The van der Waals surface area contributed by atoms with Crippen LogP contribution in [0.15, 0.2) is 131 Å². The van der Waals surface area contributed by atoms with Crippen LogP contribution in [0.1, 0.15) is 59.5 Å². The number of halogens is 1. The molecule has 5 aromatic carbocycles. The van der Waals surface area contributed by atoms with Crippen LogP contribution in [0.4, 0.5) is 11.4 Å². The van der Waals surface area contributed by atoms with Gasteiger partial charge in [-0.25, -0.2) is 18.6 Å². The summed E-state index contributed by atoms with van der Waals surface area (Å²) in [6.45, 7) is 3.77. The number of likely N-dealkylation sites (tertiary alicyclic amines) is 1. The summed E-state index contributed by atoms with van der Waals surface area (Å²) in [7, 11) is -4.36. The molecule has 16 heteroatoms. The van der Waals surface area contributed by atoms with Crippen LogP contribution in [0.25, 0.3) is 11.1 Å². The second-order valence-electron chi connectivity index (χ2n) is 16.0. The summed E-state index contributed by atoms with van der Waals surface area (Å²) in [6.07, 6.45) is 3.22. The van der Waals surface area contributed by atoms with Crippen LogP contribution in [0.2, 0.25) is 5.02 Å². The van der Waals surface area contributed by atoms with Crippen molar-refractivity contribution in [2.45, 2.75) is 60.4 Å². The standard InChI is InChI=1S/C49H57ClN6O7S2/c50-40-16-12-35(13-17-40)45-11-5-4-7-38(45)32-51-25-26-52-41-18-14-36(15-19-41)49(60)55-65(62,63)44-20-21-47(46(31-44)39(33-58)8-6-30-57)53-42(34-64-43-9-2-1-3-10-43)24-29-56-27-22-37(23-28-56)48(59)54-61/h1-5,7,9-21,30-31,37,39,42,51-53,58,61H,6,8,22-29,32-34H2,(H,54,59)(H,55,60)/t39?,42-/m1/s1. The molecule has 1 heterocycles. The number of aliphatic hydroxyl groups is 1. The Balaban J connectivity index is 1.08. The first-order valence-corrected chi connectivity index (χ1v) is 24.7. The molecule has 1 aliphatic heterocycles. The van der Waals surface area contributed by atoms with Gasteiger partial charge in [-0.05, 0) is 128 Å². The maximum Gasteiger partial charge on any atom is 0.264 e. The SMILES string of the molecule is O=CCCC(CO)c1cc(S(=O)(=O)NC(=O)c2ccc(NCCNCc3ccccc3-c3ccc(Cl)cc3)cc2)ccc1N[C@H](CCN1CCC(C(=O)NO)CC1)CSc1ccccc1. The molecule has 1 saturated heterocycles. The van der Waals surface area contributed by atoms with E-state index in [1.807, 2.05) is 66.7 Å². The predicted octanol–water partition coefficient (Wildman–Crippen LogP) is 7.56. The van der Waals surface area contributed by atoms with E-state index in [0.717, 1.165) is 46.5 Å². The monoisotopic (exact) mass is 940 g/mol. The zero-order chi connectivity index (χ0) is 46.0. The van der Waals surface area contributed by atoms with Crippen LogP contribution in [0.5, 0.6) is 0 Å². The van der Waals surface area contributed by atoms with E-state index in [1.54, 1.807) is 47.6 Å². The zero-order valence-corrected chi connectivity index (χ0v) is 38.5. The molecule has 7 N–H and O–H groups in total. The molecule has 1 unspecified atom stereocenters. The number of nitrogens with one attached hydrogen (secondary N) is 5. The number of amides is 2. The summed E-state index contributed by atoms with van der Waals surface area (Å²) in [5.74, 6) is -1.27. The van der Waals surface area contributed by atoms with Crippen LogP contribution < -0.4 is 26.2 Å². The third-order valence-electron chi connectivity index (χ3n) is 11.5. The zero-order valence-electron chi connectivity index (χ0n) is 36.1. The first-order valence-electron chi connectivity index (χ1n) is 21.8. The van der Waals surface area contributed by atoms with Crippen molar-refractivity contribution in [1.29, 1.82) is 0 Å². The van der Waals surface area contributed by atoms with E-state index in [0.29, 0.717) is 74.0 Å². The van der Waals surface area contributed by atoms with Crippen molar-refractivity contribution in [1.82, 2.24) is 20.4 Å². The smallest absolute Gasteiger partial charge is 0.264 e. The second kappa shape index (κ2) is 24.9. The van der Waals surface area contributed by atoms with Crippen molar-refractivity contribution >= 4 is 62.9 Å². The molecule has 6 rings (SSSR count). The highest BCUT2D eigenvalue weighted by atomic mass is 35.5. The quantitative estimate of drug-likeness (QED) is 0.0106. The molecule has 1 fully saturated rings. The molecular formula is C49H57ClN6O7S2. The average Bonchev–Trinajstić information content (AvgIpc) is 3.33. The number of hydroxylamine groups is 1. The molecule has 65 heavy (non-hydrogen) atoms. The van der Waals surface area contributed by atoms with Crippen molar-refractivity contribution < 1.29 is 33.1 Å². The van der Waals surface area contributed by atoms with E-state index in [-0.39, 0.29) is 41.4 Å². The second-order valence-corrected chi connectivity index (χ2v) is 19.2. The number of carbonyl (C=O) groups excluding carboxylic acids is 3. The van der Waals surface area contributed by atoms with Gasteiger partial charge in [0.15, 0.2) is 0 Å². The van der Waals surface area contributed by atoms with Crippen LogP contribution in [0, 0.1) is 5.92 Å². The van der Waals surface area contributed by atoms with Gasteiger partial charge in [0.2, 0.25) is 5.91 Å². The molecule has 2 atom stereocenters. The third kappa shape index (κ3) is 14.6. The Bertz CT molecular complexity index is 2420. The largest absolute Gasteiger partial charge is 0.396 e. The van der Waals surface area contributed by atoms with Gasteiger partial charge in [-0.1, -0.05) is 66.2 Å². The Labute approximate surface area is 390 Å². The molecule has 0 aromatic heterocycles. The first kappa shape index (κ1) is 49.2. The Morgan fingerprint density at radius 2 is 1.60 bits per heavy atom. The van der Waals surface area contributed by atoms with Crippen molar-refractivity contribution in [2.75, 3.05) is 55.7 Å². The predicted molar refractivity (Wildman–Crippen MR) is 258 cm³/mol. The van der Waals surface area contributed by atoms with Crippen LogP contribution in [-0.2, 0) is 26.2 Å². The van der Waals surface area contributed by atoms with Crippen molar-refractivity contribution in [3.63, 3.8) is 0 Å². The molecule has 1 aliphatic rings. The fourth-order valence-electron chi connectivity index (χ4n) is 7.85. The molecule has 2 amide bonds. The van der Waals surface area contributed by atoms with Gasteiger partial charge in [0, 0.05) is 83.1 Å². The van der Waals surface area contributed by atoms with Crippen LogP contribution in [-0.4, -0.2) is 92.9 Å². The summed E-state index contributed by atoms with van der Waals surface area (Å²) in [5, 5.41) is 30.7. The number of thioether (sulfide) groups is 1. The van der Waals surface area contributed by atoms with E-state index in [2.05, 4.69) is 37.7 Å².